The van der Waals surface area contributed by atoms with Crippen molar-refractivity contribution in [3.63, 3.8) is 0 Å². The molecule has 0 saturated heterocycles. The molecule has 2 heterocycles. The van der Waals surface area contributed by atoms with E-state index in [1.165, 1.54) is 0 Å². The highest BCUT2D eigenvalue weighted by atomic mass is 32.2. The Morgan fingerprint density at radius 1 is 1.03 bits per heavy atom. The minimum Gasteiger partial charge on any atom is -0.506 e. The fraction of sp³-hybridized carbons (Fsp3) is 0.233. The van der Waals surface area contributed by atoms with Gasteiger partial charge in [0.15, 0.2) is 0 Å². The zero-order valence-electron chi connectivity index (χ0n) is 21.9. The van der Waals surface area contributed by atoms with Crippen LogP contribution in [-0.4, -0.2) is 33.2 Å². The Morgan fingerprint density at radius 2 is 1.68 bits per heavy atom. The van der Waals surface area contributed by atoms with Gasteiger partial charge in [0.1, 0.15) is 16.4 Å². The number of carbonyl (C=O) groups is 2. The smallest absolute Gasteiger partial charge is 0.344 e. The maximum atomic E-state index is 12.9. The molecule has 1 aliphatic heterocycles. The van der Waals surface area contributed by atoms with Crippen molar-refractivity contribution >= 4 is 34.8 Å². The average molecular weight is 515 g/mol. The third-order valence-corrected chi connectivity index (χ3v) is 7.31. The molecular formula is C30H30N2O4S. The van der Waals surface area contributed by atoms with E-state index in [0.29, 0.717) is 10.5 Å². The Balaban J connectivity index is 1.78. The fourth-order valence-electron chi connectivity index (χ4n) is 4.42. The Morgan fingerprint density at radius 3 is 2.30 bits per heavy atom. The molecule has 1 aromatic heterocycles. The SMILES string of the molecule is CCOC(=O)C1=C(O)/C(=C/c2cc(C)n(-c3c(C)cccc3C)c2C)SC1=NC(=O)c1ccc(C)cc1. The maximum absolute atomic E-state index is 12.9. The average Bonchev–Trinajstić information content (AvgIpc) is 3.29. The summed E-state index contributed by atoms with van der Waals surface area (Å²) >= 11 is 1.08. The Hall–Kier alpha value is -3.84. The quantitative estimate of drug-likeness (QED) is 0.382. The number of ether oxygens (including phenoxy) is 1. The van der Waals surface area contributed by atoms with Crippen molar-refractivity contribution in [2.24, 2.45) is 4.99 Å². The summed E-state index contributed by atoms with van der Waals surface area (Å²) in [5.74, 6) is -1.45. The van der Waals surface area contributed by atoms with Crippen LogP contribution >= 0.6 is 11.8 Å². The monoisotopic (exact) mass is 514 g/mol. The van der Waals surface area contributed by atoms with Crippen LogP contribution in [0.5, 0.6) is 0 Å². The summed E-state index contributed by atoms with van der Waals surface area (Å²) in [4.78, 5) is 30.2. The first kappa shape index (κ1) is 26.2. The van der Waals surface area contributed by atoms with Crippen LogP contribution in [0.3, 0.4) is 0 Å². The molecular weight excluding hydrogens is 484 g/mol. The van der Waals surface area contributed by atoms with E-state index < -0.39 is 11.9 Å². The summed E-state index contributed by atoms with van der Waals surface area (Å²) in [7, 11) is 0. The number of aliphatic hydroxyl groups excluding tert-OH is 1. The van der Waals surface area contributed by atoms with E-state index in [4.69, 9.17) is 4.74 Å². The molecule has 37 heavy (non-hydrogen) atoms. The van der Waals surface area contributed by atoms with Crippen molar-refractivity contribution < 1.29 is 19.4 Å². The van der Waals surface area contributed by atoms with Crippen LogP contribution in [-0.2, 0) is 9.53 Å². The molecule has 2 aromatic carbocycles. The molecule has 0 spiro atoms. The summed E-state index contributed by atoms with van der Waals surface area (Å²) in [5.41, 5.74) is 7.70. The molecule has 3 aromatic rings. The first-order chi connectivity index (χ1) is 17.6. The van der Waals surface area contributed by atoms with Crippen molar-refractivity contribution in [3.8, 4) is 5.69 Å². The molecule has 7 heteroatoms. The molecule has 0 atom stereocenters. The minimum absolute atomic E-state index is 0.0953. The number of aliphatic hydroxyl groups is 1. The maximum Gasteiger partial charge on any atom is 0.344 e. The highest BCUT2D eigenvalue weighted by Gasteiger charge is 2.34. The number of aliphatic imine (C=N–C) groups is 1. The Bertz CT molecular complexity index is 1470. The van der Waals surface area contributed by atoms with Crippen molar-refractivity contribution in [2.45, 2.75) is 41.5 Å². The zero-order valence-corrected chi connectivity index (χ0v) is 22.7. The number of aryl methyl sites for hydroxylation is 4. The number of hydrogen-bond donors (Lipinski definition) is 1. The third kappa shape index (κ3) is 5.18. The van der Waals surface area contributed by atoms with Crippen molar-refractivity contribution in [1.82, 2.24) is 4.57 Å². The van der Waals surface area contributed by atoms with Gasteiger partial charge in [0.25, 0.3) is 5.91 Å². The molecule has 0 unspecified atom stereocenters. The molecule has 6 nitrogen and oxygen atoms in total. The largest absolute Gasteiger partial charge is 0.506 e. The standard InChI is InChI=1S/C30H30N2O4S/c1-7-36-30(35)25-27(33)24(37-29(25)31-28(34)22-13-11-17(2)12-14-22)16-23-15-20(5)32(21(23)6)26-18(3)9-8-10-19(26)4/h8-16,33H,7H2,1-6H3/b24-16-,31-29?. The number of hydrogen-bond acceptors (Lipinski definition) is 5. The van der Waals surface area contributed by atoms with Crippen LogP contribution in [0.1, 0.15) is 50.9 Å². The summed E-state index contributed by atoms with van der Waals surface area (Å²) in [6.45, 7) is 12.0. The second-order valence-electron chi connectivity index (χ2n) is 9.05. The molecule has 1 N–H and O–H groups in total. The number of rotatable bonds is 5. The molecule has 4 rings (SSSR count). The van der Waals surface area contributed by atoms with E-state index in [2.05, 4.69) is 35.5 Å². The van der Waals surface area contributed by atoms with Gasteiger partial charge in [-0.25, -0.2) is 9.79 Å². The van der Waals surface area contributed by atoms with Gasteiger partial charge in [-0.05, 0) is 82.5 Å². The van der Waals surface area contributed by atoms with E-state index >= 15 is 0 Å². The summed E-state index contributed by atoms with van der Waals surface area (Å²) in [6, 6.07) is 15.3. The number of aromatic nitrogens is 1. The van der Waals surface area contributed by atoms with E-state index in [9.17, 15) is 14.7 Å². The third-order valence-electron chi connectivity index (χ3n) is 6.29. The van der Waals surface area contributed by atoms with Gasteiger partial charge < -0.3 is 14.4 Å². The lowest BCUT2D eigenvalue weighted by Crippen LogP contribution is -2.14. The fourth-order valence-corrected chi connectivity index (χ4v) is 5.43. The molecule has 0 fully saturated rings. The highest BCUT2D eigenvalue weighted by Crippen LogP contribution is 2.40. The molecule has 0 bridgehead atoms. The highest BCUT2D eigenvalue weighted by molar-refractivity contribution is 8.18. The van der Waals surface area contributed by atoms with E-state index in [0.717, 1.165) is 51.1 Å². The van der Waals surface area contributed by atoms with Crippen molar-refractivity contribution in [3.05, 3.63) is 104 Å². The molecule has 0 radical (unpaired) electrons. The van der Waals surface area contributed by atoms with Crippen LogP contribution in [0.25, 0.3) is 11.8 Å². The van der Waals surface area contributed by atoms with Gasteiger partial charge in [-0.15, -0.1) is 0 Å². The molecule has 0 saturated carbocycles. The number of carbonyl (C=O) groups excluding carboxylic acids is 2. The Kier molecular flexibility index (Phi) is 7.55. The molecule has 1 aliphatic rings. The van der Waals surface area contributed by atoms with E-state index in [1.54, 1.807) is 19.1 Å². The number of amides is 1. The van der Waals surface area contributed by atoms with Gasteiger partial charge in [0, 0.05) is 17.0 Å². The number of esters is 1. The summed E-state index contributed by atoms with van der Waals surface area (Å²) < 4.78 is 7.36. The molecule has 0 aliphatic carbocycles. The van der Waals surface area contributed by atoms with Crippen LogP contribution in [0.4, 0.5) is 0 Å². The first-order valence-electron chi connectivity index (χ1n) is 12.1. The predicted octanol–water partition coefficient (Wildman–Crippen LogP) is 6.72. The Labute approximate surface area is 221 Å². The van der Waals surface area contributed by atoms with Gasteiger partial charge in [-0.1, -0.05) is 47.7 Å². The second kappa shape index (κ2) is 10.6. The van der Waals surface area contributed by atoms with Gasteiger partial charge in [0.2, 0.25) is 0 Å². The predicted molar refractivity (Wildman–Crippen MR) is 150 cm³/mol. The number of thioether (sulfide) groups is 1. The van der Waals surface area contributed by atoms with Crippen LogP contribution in [0.15, 0.2) is 69.8 Å². The molecule has 1 amide bonds. The summed E-state index contributed by atoms with van der Waals surface area (Å²) in [6.07, 6.45) is 1.82. The lowest BCUT2D eigenvalue weighted by molar-refractivity contribution is -0.138. The minimum atomic E-state index is -0.715. The van der Waals surface area contributed by atoms with Crippen molar-refractivity contribution in [2.75, 3.05) is 6.61 Å². The zero-order chi connectivity index (χ0) is 26.9. The van der Waals surface area contributed by atoms with E-state index in [-0.39, 0.29) is 23.0 Å². The lowest BCUT2D eigenvalue weighted by atomic mass is 10.1. The lowest BCUT2D eigenvalue weighted by Gasteiger charge is -2.15. The second-order valence-corrected chi connectivity index (χ2v) is 10.1. The number of para-hydroxylation sites is 1. The summed E-state index contributed by atoms with van der Waals surface area (Å²) in [5, 5.41) is 11.2. The topological polar surface area (TPSA) is 80.9 Å². The van der Waals surface area contributed by atoms with Crippen LogP contribution in [0, 0.1) is 34.6 Å². The normalized spacial score (nSPS) is 15.6. The molecule has 190 valence electrons. The van der Waals surface area contributed by atoms with Gasteiger partial charge in [-0.3, -0.25) is 4.79 Å². The van der Waals surface area contributed by atoms with Gasteiger partial charge in [0.05, 0.1) is 17.2 Å². The van der Waals surface area contributed by atoms with Crippen LogP contribution in [0.2, 0.25) is 0 Å². The number of benzene rings is 2. The van der Waals surface area contributed by atoms with Gasteiger partial charge >= 0.3 is 5.97 Å². The first-order valence-corrected chi connectivity index (χ1v) is 12.9. The van der Waals surface area contributed by atoms with Gasteiger partial charge in [-0.2, -0.15) is 0 Å². The van der Waals surface area contributed by atoms with Crippen molar-refractivity contribution in [1.29, 1.82) is 0 Å². The van der Waals surface area contributed by atoms with E-state index in [1.807, 2.05) is 51.1 Å². The van der Waals surface area contributed by atoms with Crippen LogP contribution < -0.4 is 0 Å². The number of nitrogens with zero attached hydrogens (tertiary/aromatic N) is 2.